The van der Waals surface area contributed by atoms with Crippen LogP contribution in [0.15, 0.2) is 36.4 Å². The Kier molecular flexibility index (Phi) is 5.31. The number of nitrogens with zero attached hydrogens (tertiary/aromatic N) is 3. The van der Waals surface area contributed by atoms with Gasteiger partial charge in [-0.05, 0) is 24.3 Å². The fraction of sp³-hybridized carbons (Fsp3) is 0.278. The molecule has 0 saturated heterocycles. The number of anilines is 2. The first-order valence-electron chi connectivity index (χ1n) is 8.50. The Morgan fingerprint density at radius 1 is 1.07 bits per heavy atom. The monoisotopic (exact) mass is 426 g/mol. The first kappa shape index (κ1) is 20.7. The van der Waals surface area contributed by atoms with Crippen molar-refractivity contribution in [3.05, 3.63) is 52.8 Å². The molecule has 2 aromatic heterocycles. The van der Waals surface area contributed by atoms with Crippen LogP contribution >= 0.6 is 11.6 Å². The molecule has 0 spiro atoms. The zero-order valence-electron chi connectivity index (χ0n) is 15.7. The maximum absolute atomic E-state index is 13.2. The van der Waals surface area contributed by atoms with E-state index in [0.717, 1.165) is 6.07 Å². The summed E-state index contributed by atoms with van der Waals surface area (Å²) >= 11 is 5.78. The number of nitrogens with one attached hydrogen (secondary N) is 3. The van der Waals surface area contributed by atoms with Crippen molar-refractivity contribution in [3.63, 3.8) is 0 Å². The van der Waals surface area contributed by atoms with Gasteiger partial charge >= 0.3 is 12.2 Å². The van der Waals surface area contributed by atoms with Gasteiger partial charge < -0.3 is 5.32 Å². The van der Waals surface area contributed by atoms with Crippen molar-refractivity contribution in [2.45, 2.75) is 32.4 Å². The van der Waals surface area contributed by atoms with E-state index in [9.17, 15) is 18.0 Å². The van der Waals surface area contributed by atoms with Gasteiger partial charge in [-0.25, -0.2) is 9.78 Å². The van der Waals surface area contributed by atoms with Crippen molar-refractivity contribution in [2.75, 3.05) is 10.7 Å². The fourth-order valence-corrected chi connectivity index (χ4v) is 2.52. The SMILES string of the molecule is CC(C)(C)c1cc2nc(C(F)(F)F)cc(NNC(=O)Nc3ccc(Cl)cc3)n2n1. The van der Waals surface area contributed by atoms with Crippen LogP contribution in [0.5, 0.6) is 0 Å². The summed E-state index contributed by atoms with van der Waals surface area (Å²) in [5.74, 6) is -0.0934. The zero-order valence-corrected chi connectivity index (χ0v) is 16.5. The van der Waals surface area contributed by atoms with Crippen molar-refractivity contribution in [1.29, 1.82) is 0 Å². The highest BCUT2D eigenvalue weighted by atomic mass is 35.5. The maximum atomic E-state index is 13.2. The highest BCUT2D eigenvalue weighted by Crippen LogP contribution is 2.31. The Labute approximate surface area is 169 Å². The topological polar surface area (TPSA) is 83.3 Å². The summed E-state index contributed by atoms with van der Waals surface area (Å²) in [5, 5.41) is 7.34. The number of halogens is 4. The van der Waals surface area contributed by atoms with Gasteiger partial charge in [-0.2, -0.15) is 22.8 Å². The molecule has 29 heavy (non-hydrogen) atoms. The minimum atomic E-state index is -4.66. The molecule has 0 aliphatic carbocycles. The average molecular weight is 427 g/mol. The minimum Gasteiger partial charge on any atom is -0.307 e. The van der Waals surface area contributed by atoms with Crippen molar-refractivity contribution in [2.24, 2.45) is 0 Å². The number of carbonyl (C=O) groups excluding carboxylic acids is 1. The molecule has 1 aromatic carbocycles. The molecule has 0 saturated carbocycles. The van der Waals surface area contributed by atoms with Gasteiger partial charge in [0, 0.05) is 28.3 Å². The minimum absolute atomic E-state index is 0.00663. The number of amides is 2. The lowest BCUT2D eigenvalue weighted by Crippen LogP contribution is -2.34. The molecule has 0 aliphatic heterocycles. The quantitative estimate of drug-likeness (QED) is 0.523. The Morgan fingerprint density at radius 2 is 1.72 bits per heavy atom. The molecular formula is C18H18ClF3N6O. The van der Waals surface area contributed by atoms with Crippen molar-refractivity contribution < 1.29 is 18.0 Å². The number of alkyl halides is 3. The predicted molar refractivity (Wildman–Crippen MR) is 104 cm³/mol. The Balaban J connectivity index is 1.87. The number of fused-ring (bicyclic) bond motifs is 1. The van der Waals surface area contributed by atoms with E-state index < -0.39 is 23.3 Å². The predicted octanol–water partition coefficient (Wildman–Crippen LogP) is 4.85. The van der Waals surface area contributed by atoms with Gasteiger partial charge in [0.2, 0.25) is 0 Å². The molecule has 154 valence electrons. The number of benzene rings is 1. The van der Waals surface area contributed by atoms with Gasteiger partial charge in [-0.3, -0.25) is 10.9 Å². The molecule has 0 atom stereocenters. The largest absolute Gasteiger partial charge is 0.433 e. The first-order valence-corrected chi connectivity index (χ1v) is 8.88. The number of hydrogen-bond donors (Lipinski definition) is 3. The van der Waals surface area contributed by atoms with Crippen molar-refractivity contribution in [1.82, 2.24) is 20.0 Å². The van der Waals surface area contributed by atoms with Crippen LogP contribution in [-0.4, -0.2) is 20.6 Å². The van der Waals surface area contributed by atoms with E-state index in [1.807, 2.05) is 20.8 Å². The number of aromatic nitrogens is 3. The summed E-state index contributed by atoms with van der Waals surface area (Å²) < 4.78 is 40.9. The number of carbonyl (C=O) groups is 1. The third kappa shape index (κ3) is 4.89. The van der Waals surface area contributed by atoms with Crippen LogP contribution in [0.2, 0.25) is 5.02 Å². The second kappa shape index (κ2) is 7.43. The van der Waals surface area contributed by atoms with Crippen LogP contribution in [0.3, 0.4) is 0 Å². The van der Waals surface area contributed by atoms with Crippen LogP contribution in [0.1, 0.15) is 32.2 Å². The average Bonchev–Trinajstić information content (AvgIpc) is 3.05. The molecule has 7 nitrogen and oxygen atoms in total. The van der Waals surface area contributed by atoms with Gasteiger partial charge in [0.05, 0.1) is 5.69 Å². The highest BCUT2D eigenvalue weighted by molar-refractivity contribution is 6.30. The summed E-state index contributed by atoms with van der Waals surface area (Å²) in [4.78, 5) is 15.7. The Hall–Kier alpha value is -3.01. The normalized spacial score (nSPS) is 12.1. The number of rotatable bonds is 3. The number of hydrogen-bond acceptors (Lipinski definition) is 4. The second-order valence-electron chi connectivity index (χ2n) is 7.28. The van der Waals surface area contributed by atoms with E-state index >= 15 is 0 Å². The standard InChI is InChI=1S/C18H18ClF3N6O/c1-17(2,3)12-8-14-24-13(18(20,21)22)9-15(28(14)27-12)25-26-16(29)23-11-6-4-10(19)5-7-11/h4-9,25H,1-3H3,(H2,23,26,29). The molecular weight excluding hydrogens is 409 g/mol. The van der Waals surface area contributed by atoms with Gasteiger partial charge in [0.25, 0.3) is 0 Å². The molecule has 0 radical (unpaired) electrons. The van der Waals surface area contributed by atoms with E-state index in [4.69, 9.17) is 11.6 Å². The molecule has 0 bridgehead atoms. The third-order valence-electron chi connectivity index (χ3n) is 3.89. The van der Waals surface area contributed by atoms with Gasteiger partial charge in [0.1, 0.15) is 0 Å². The van der Waals surface area contributed by atoms with Gasteiger partial charge in [0.15, 0.2) is 17.2 Å². The summed E-state index contributed by atoms with van der Waals surface area (Å²) in [7, 11) is 0. The lowest BCUT2D eigenvalue weighted by atomic mass is 9.93. The lowest BCUT2D eigenvalue weighted by Gasteiger charge is -2.14. The van der Waals surface area contributed by atoms with E-state index in [-0.39, 0.29) is 11.5 Å². The first-order chi connectivity index (χ1) is 13.4. The van der Waals surface area contributed by atoms with Crippen LogP contribution in [0.4, 0.5) is 29.5 Å². The fourth-order valence-electron chi connectivity index (χ4n) is 2.39. The number of urea groups is 1. The molecule has 3 N–H and O–H groups in total. The molecule has 0 fully saturated rings. The number of hydrazine groups is 1. The molecule has 3 aromatic rings. The summed E-state index contributed by atoms with van der Waals surface area (Å²) in [6.45, 7) is 5.64. The van der Waals surface area contributed by atoms with E-state index in [1.54, 1.807) is 24.3 Å². The summed E-state index contributed by atoms with van der Waals surface area (Å²) in [6, 6.07) is 7.90. The lowest BCUT2D eigenvalue weighted by molar-refractivity contribution is -0.141. The van der Waals surface area contributed by atoms with Gasteiger partial charge in [-0.1, -0.05) is 32.4 Å². The molecule has 2 heterocycles. The highest BCUT2D eigenvalue weighted by Gasteiger charge is 2.34. The van der Waals surface area contributed by atoms with E-state index in [0.29, 0.717) is 16.4 Å². The van der Waals surface area contributed by atoms with Crippen molar-refractivity contribution >= 4 is 34.8 Å². The van der Waals surface area contributed by atoms with Crippen LogP contribution in [0.25, 0.3) is 5.65 Å². The molecule has 0 aliphatic rings. The molecule has 3 rings (SSSR count). The van der Waals surface area contributed by atoms with E-state index in [1.165, 1.54) is 10.6 Å². The van der Waals surface area contributed by atoms with Gasteiger partial charge in [-0.15, -0.1) is 0 Å². The van der Waals surface area contributed by atoms with E-state index in [2.05, 4.69) is 26.3 Å². The Bertz CT molecular complexity index is 1040. The smallest absolute Gasteiger partial charge is 0.307 e. The van der Waals surface area contributed by atoms with Crippen molar-refractivity contribution in [3.8, 4) is 0 Å². The van der Waals surface area contributed by atoms with Crippen LogP contribution in [0, 0.1) is 0 Å². The molecule has 2 amide bonds. The summed E-state index contributed by atoms with van der Waals surface area (Å²) in [5.41, 5.74) is 4.27. The molecule has 11 heteroatoms. The molecule has 0 unspecified atom stereocenters. The Morgan fingerprint density at radius 3 is 2.31 bits per heavy atom. The zero-order chi connectivity index (χ0) is 21.4. The third-order valence-corrected chi connectivity index (χ3v) is 4.14. The summed E-state index contributed by atoms with van der Waals surface area (Å²) in [6.07, 6.45) is -4.66. The van der Waals surface area contributed by atoms with Crippen LogP contribution < -0.4 is 16.2 Å². The second-order valence-corrected chi connectivity index (χ2v) is 7.72. The maximum Gasteiger partial charge on any atom is 0.433 e. The van der Waals surface area contributed by atoms with Crippen LogP contribution in [-0.2, 0) is 11.6 Å².